The molecule has 102 valence electrons. The maximum atomic E-state index is 11.7. The molecule has 0 unspecified atom stereocenters. The van der Waals surface area contributed by atoms with E-state index in [9.17, 15) is 14.9 Å². The molecule has 2 aromatic rings. The molecule has 7 nitrogen and oxygen atoms in total. The molecule has 0 bridgehead atoms. The monoisotopic (exact) mass is 292 g/mol. The Balaban J connectivity index is 1.99. The van der Waals surface area contributed by atoms with E-state index in [1.165, 1.54) is 12.1 Å². The number of hydrogen-bond donors (Lipinski definition) is 2. The summed E-state index contributed by atoms with van der Waals surface area (Å²) in [5.41, 5.74) is 0.378. The Hall–Kier alpha value is -2.67. The summed E-state index contributed by atoms with van der Waals surface area (Å²) in [6.07, 6.45) is 1.06. The molecule has 1 aromatic heterocycles. The highest BCUT2D eigenvalue weighted by atomic mass is 35.5. The van der Waals surface area contributed by atoms with Crippen LogP contribution in [-0.2, 0) is 0 Å². The molecule has 0 aliphatic rings. The zero-order valence-electron chi connectivity index (χ0n) is 10.0. The standard InChI is InChI=1S/C12H9ClN4O3/c13-8-2-1-3-9(6-8)15-12(18)16-11-5-4-10(7-14-11)17(19)20/h1-7H,(H2,14,15,16,18). The zero-order chi connectivity index (χ0) is 14.5. The summed E-state index contributed by atoms with van der Waals surface area (Å²) in [7, 11) is 0. The van der Waals surface area contributed by atoms with E-state index in [4.69, 9.17) is 11.6 Å². The number of carbonyl (C=O) groups excluding carboxylic acids is 1. The molecule has 0 spiro atoms. The van der Waals surface area contributed by atoms with Gasteiger partial charge in [-0.15, -0.1) is 0 Å². The summed E-state index contributed by atoms with van der Waals surface area (Å²) in [5.74, 6) is 0.204. The molecular weight excluding hydrogens is 284 g/mol. The van der Waals surface area contributed by atoms with Crippen molar-refractivity contribution < 1.29 is 9.72 Å². The van der Waals surface area contributed by atoms with Crippen LogP contribution >= 0.6 is 11.6 Å². The van der Waals surface area contributed by atoms with Gasteiger partial charge in [-0.2, -0.15) is 0 Å². The van der Waals surface area contributed by atoms with Crippen molar-refractivity contribution in [1.82, 2.24) is 4.98 Å². The number of halogens is 1. The van der Waals surface area contributed by atoms with Gasteiger partial charge in [0.1, 0.15) is 12.0 Å². The van der Waals surface area contributed by atoms with Gasteiger partial charge in [0.2, 0.25) is 0 Å². The fourth-order valence-corrected chi connectivity index (χ4v) is 1.60. The number of hydrogen-bond acceptors (Lipinski definition) is 4. The molecule has 2 N–H and O–H groups in total. The Morgan fingerprint density at radius 2 is 2.05 bits per heavy atom. The van der Waals surface area contributed by atoms with Gasteiger partial charge in [-0.05, 0) is 24.3 Å². The SMILES string of the molecule is O=C(Nc1cccc(Cl)c1)Nc1ccc([N+](=O)[O-])cn1. The Labute approximate surface area is 118 Å². The molecule has 0 aliphatic carbocycles. The first kappa shape index (κ1) is 13.8. The highest BCUT2D eigenvalue weighted by Gasteiger charge is 2.07. The first-order valence-electron chi connectivity index (χ1n) is 5.48. The minimum absolute atomic E-state index is 0.147. The summed E-state index contributed by atoms with van der Waals surface area (Å²) < 4.78 is 0. The molecule has 2 rings (SSSR count). The second-order valence-corrected chi connectivity index (χ2v) is 4.18. The number of aromatic nitrogens is 1. The molecular formula is C12H9ClN4O3. The summed E-state index contributed by atoms with van der Waals surface area (Å²) in [6.45, 7) is 0. The number of anilines is 2. The van der Waals surface area contributed by atoms with E-state index in [-0.39, 0.29) is 11.5 Å². The van der Waals surface area contributed by atoms with Crippen molar-refractivity contribution in [2.75, 3.05) is 10.6 Å². The van der Waals surface area contributed by atoms with Crippen molar-refractivity contribution in [2.45, 2.75) is 0 Å². The molecule has 0 atom stereocenters. The molecule has 0 aliphatic heterocycles. The van der Waals surface area contributed by atoms with Crippen molar-refractivity contribution in [3.8, 4) is 0 Å². The zero-order valence-corrected chi connectivity index (χ0v) is 10.8. The fourth-order valence-electron chi connectivity index (χ4n) is 1.41. The number of nitro groups is 1. The molecule has 0 fully saturated rings. The number of nitrogens with one attached hydrogen (secondary N) is 2. The van der Waals surface area contributed by atoms with Crippen LogP contribution in [0.3, 0.4) is 0 Å². The number of rotatable bonds is 3. The quantitative estimate of drug-likeness (QED) is 0.670. The number of urea groups is 1. The van der Waals surface area contributed by atoms with E-state index in [0.29, 0.717) is 10.7 Å². The first-order valence-corrected chi connectivity index (χ1v) is 5.86. The van der Waals surface area contributed by atoms with Crippen molar-refractivity contribution in [3.63, 3.8) is 0 Å². The molecule has 20 heavy (non-hydrogen) atoms. The summed E-state index contributed by atoms with van der Waals surface area (Å²) in [5, 5.41) is 16.0. The van der Waals surface area contributed by atoms with Crippen molar-refractivity contribution >= 4 is 34.8 Å². The van der Waals surface area contributed by atoms with Gasteiger partial charge in [-0.1, -0.05) is 17.7 Å². The second kappa shape index (κ2) is 5.98. The molecule has 1 heterocycles. The van der Waals surface area contributed by atoms with Crippen LogP contribution in [0, 0.1) is 10.1 Å². The van der Waals surface area contributed by atoms with Gasteiger partial charge in [-0.25, -0.2) is 9.78 Å². The molecule has 0 radical (unpaired) electrons. The van der Waals surface area contributed by atoms with E-state index < -0.39 is 11.0 Å². The van der Waals surface area contributed by atoms with Gasteiger partial charge >= 0.3 is 6.03 Å². The largest absolute Gasteiger partial charge is 0.324 e. The third kappa shape index (κ3) is 3.66. The number of carbonyl (C=O) groups is 1. The third-order valence-corrected chi connectivity index (χ3v) is 2.52. The minimum atomic E-state index is -0.567. The van der Waals surface area contributed by atoms with Crippen LogP contribution in [0.15, 0.2) is 42.6 Å². The number of pyridine rings is 1. The van der Waals surface area contributed by atoms with Crippen molar-refractivity contribution in [2.24, 2.45) is 0 Å². The summed E-state index contributed by atoms with van der Waals surface area (Å²) in [4.78, 5) is 25.3. The van der Waals surface area contributed by atoms with Gasteiger partial charge in [0.25, 0.3) is 5.69 Å². The number of benzene rings is 1. The van der Waals surface area contributed by atoms with Gasteiger partial charge in [0.05, 0.1) is 4.92 Å². The Morgan fingerprint density at radius 1 is 1.25 bits per heavy atom. The van der Waals surface area contributed by atoms with Gasteiger partial charge in [0, 0.05) is 16.8 Å². The van der Waals surface area contributed by atoms with Gasteiger partial charge < -0.3 is 5.32 Å². The maximum absolute atomic E-state index is 11.7. The Kier molecular flexibility index (Phi) is 4.11. The van der Waals surface area contributed by atoms with Crippen LogP contribution in [0.25, 0.3) is 0 Å². The predicted octanol–water partition coefficient (Wildman–Crippen LogP) is 3.29. The van der Waals surface area contributed by atoms with Crippen LogP contribution in [0.1, 0.15) is 0 Å². The smallest absolute Gasteiger partial charge is 0.308 e. The first-order chi connectivity index (χ1) is 9.54. The lowest BCUT2D eigenvalue weighted by molar-refractivity contribution is -0.385. The lowest BCUT2D eigenvalue weighted by Crippen LogP contribution is -2.20. The molecule has 0 saturated heterocycles. The van der Waals surface area contributed by atoms with Crippen LogP contribution < -0.4 is 10.6 Å². The van der Waals surface area contributed by atoms with Gasteiger partial charge in [-0.3, -0.25) is 15.4 Å². The lowest BCUT2D eigenvalue weighted by atomic mass is 10.3. The van der Waals surface area contributed by atoms with Crippen LogP contribution in [0.4, 0.5) is 22.0 Å². The molecule has 2 amide bonds. The number of nitrogens with zero attached hydrogens (tertiary/aromatic N) is 2. The predicted molar refractivity (Wildman–Crippen MR) is 75.0 cm³/mol. The molecule has 8 heteroatoms. The average molecular weight is 293 g/mol. The normalized spacial score (nSPS) is 9.85. The topological polar surface area (TPSA) is 97.2 Å². The minimum Gasteiger partial charge on any atom is -0.308 e. The molecule has 1 aromatic carbocycles. The molecule has 0 saturated carbocycles. The lowest BCUT2D eigenvalue weighted by Gasteiger charge is -2.06. The van der Waals surface area contributed by atoms with E-state index >= 15 is 0 Å². The second-order valence-electron chi connectivity index (χ2n) is 3.75. The average Bonchev–Trinajstić information content (AvgIpc) is 2.39. The van der Waals surface area contributed by atoms with Crippen LogP contribution in [-0.4, -0.2) is 15.9 Å². The van der Waals surface area contributed by atoms with E-state index in [0.717, 1.165) is 6.20 Å². The third-order valence-electron chi connectivity index (χ3n) is 2.28. The fraction of sp³-hybridized carbons (Fsp3) is 0. The van der Waals surface area contributed by atoms with Crippen LogP contribution in [0.2, 0.25) is 5.02 Å². The van der Waals surface area contributed by atoms with E-state index in [1.807, 2.05) is 0 Å². The van der Waals surface area contributed by atoms with E-state index in [2.05, 4.69) is 15.6 Å². The Morgan fingerprint density at radius 3 is 2.65 bits per heavy atom. The van der Waals surface area contributed by atoms with Crippen molar-refractivity contribution in [1.29, 1.82) is 0 Å². The highest BCUT2D eigenvalue weighted by Crippen LogP contribution is 2.16. The Bertz CT molecular complexity index is 645. The van der Waals surface area contributed by atoms with Crippen molar-refractivity contribution in [3.05, 3.63) is 57.7 Å². The maximum Gasteiger partial charge on any atom is 0.324 e. The van der Waals surface area contributed by atoms with E-state index in [1.54, 1.807) is 24.3 Å². The summed E-state index contributed by atoms with van der Waals surface area (Å²) >= 11 is 5.79. The van der Waals surface area contributed by atoms with Gasteiger partial charge in [0.15, 0.2) is 0 Å². The van der Waals surface area contributed by atoms with Crippen LogP contribution in [0.5, 0.6) is 0 Å². The number of amides is 2. The highest BCUT2D eigenvalue weighted by molar-refractivity contribution is 6.30. The summed E-state index contributed by atoms with van der Waals surface area (Å²) in [6, 6.07) is 8.72.